The van der Waals surface area contributed by atoms with Gasteiger partial charge in [-0.2, -0.15) is 0 Å². The van der Waals surface area contributed by atoms with Crippen molar-refractivity contribution in [3.8, 4) is 0 Å². The van der Waals surface area contributed by atoms with E-state index in [0.29, 0.717) is 18.4 Å². The van der Waals surface area contributed by atoms with Gasteiger partial charge >= 0.3 is 0 Å². The fourth-order valence-electron chi connectivity index (χ4n) is 3.37. The highest BCUT2D eigenvalue weighted by atomic mass is 35.5. The van der Waals surface area contributed by atoms with Crippen LogP contribution in [0.1, 0.15) is 58.3 Å². The molecule has 0 saturated heterocycles. The van der Waals surface area contributed by atoms with Crippen LogP contribution in [0.4, 0.5) is 0 Å². The first-order chi connectivity index (χ1) is 8.97. The summed E-state index contributed by atoms with van der Waals surface area (Å²) in [5, 5.41) is 0. The molecule has 120 valence electrons. The van der Waals surface area contributed by atoms with E-state index in [-0.39, 0.29) is 18.2 Å². The molecule has 0 radical (unpaired) electrons. The number of hydrogen-bond acceptors (Lipinski definition) is 3. The minimum atomic E-state index is -3.19. The first kappa shape index (κ1) is 18.2. The molecule has 2 atom stereocenters. The molecule has 0 aromatic rings. The second-order valence-electron chi connectivity index (χ2n) is 6.51. The Bertz CT molecular complexity index is 398. The molecule has 0 amide bonds. The molecule has 0 spiro atoms. The van der Waals surface area contributed by atoms with E-state index < -0.39 is 15.6 Å². The van der Waals surface area contributed by atoms with E-state index in [0.717, 1.165) is 25.7 Å². The van der Waals surface area contributed by atoms with E-state index in [1.807, 2.05) is 0 Å². The Morgan fingerprint density at radius 3 is 2.40 bits per heavy atom. The summed E-state index contributed by atoms with van der Waals surface area (Å²) in [4.78, 5) is 0. The number of nitrogens with one attached hydrogen (secondary N) is 1. The summed E-state index contributed by atoms with van der Waals surface area (Å²) in [6.45, 7) is 2.54. The smallest absolute Gasteiger partial charge is 0.212 e. The van der Waals surface area contributed by atoms with Crippen molar-refractivity contribution in [2.45, 2.75) is 63.8 Å². The van der Waals surface area contributed by atoms with Crippen LogP contribution in [0.2, 0.25) is 0 Å². The van der Waals surface area contributed by atoms with Crippen molar-refractivity contribution in [2.75, 3.05) is 12.3 Å². The molecule has 2 aliphatic carbocycles. The van der Waals surface area contributed by atoms with Gasteiger partial charge < -0.3 is 5.73 Å². The van der Waals surface area contributed by atoms with Gasteiger partial charge in [-0.05, 0) is 31.1 Å². The molecule has 2 aliphatic rings. The Hall–Kier alpha value is 0.160. The maximum absolute atomic E-state index is 12.3. The molecule has 4 nitrogen and oxygen atoms in total. The zero-order valence-corrected chi connectivity index (χ0v) is 14.1. The monoisotopic (exact) mass is 324 g/mol. The molecule has 0 aromatic heterocycles. The molecular weight excluding hydrogens is 296 g/mol. The zero-order chi connectivity index (χ0) is 13.9. The molecule has 0 bridgehead atoms. The van der Waals surface area contributed by atoms with Crippen molar-refractivity contribution in [3.63, 3.8) is 0 Å². The van der Waals surface area contributed by atoms with E-state index in [1.54, 1.807) is 0 Å². The van der Waals surface area contributed by atoms with Crippen LogP contribution in [-0.4, -0.2) is 26.3 Å². The quantitative estimate of drug-likeness (QED) is 0.788. The van der Waals surface area contributed by atoms with E-state index in [4.69, 9.17) is 5.73 Å². The largest absolute Gasteiger partial charge is 0.329 e. The van der Waals surface area contributed by atoms with Crippen molar-refractivity contribution in [2.24, 2.45) is 17.6 Å². The summed E-state index contributed by atoms with van der Waals surface area (Å²) in [6.07, 6.45) is 8.70. The first-order valence-electron chi connectivity index (χ1n) is 7.69. The van der Waals surface area contributed by atoms with Gasteiger partial charge in [0.05, 0.1) is 5.75 Å². The van der Waals surface area contributed by atoms with Crippen molar-refractivity contribution in [3.05, 3.63) is 0 Å². The molecule has 0 aromatic carbocycles. The van der Waals surface area contributed by atoms with Crippen molar-refractivity contribution in [1.82, 2.24) is 4.72 Å². The van der Waals surface area contributed by atoms with Gasteiger partial charge in [0.25, 0.3) is 0 Å². The molecule has 0 aliphatic heterocycles. The lowest BCUT2D eigenvalue weighted by molar-refractivity contribution is 0.191. The van der Waals surface area contributed by atoms with Crippen LogP contribution in [0.5, 0.6) is 0 Å². The van der Waals surface area contributed by atoms with Gasteiger partial charge in [-0.15, -0.1) is 12.4 Å². The molecule has 20 heavy (non-hydrogen) atoms. The lowest BCUT2D eigenvalue weighted by atomic mass is 9.74. The van der Waals surface area contributed by atoms with Gasteiger partial charge in [-0.1, -0.05) is 39.0 Å². The van der Waals surface area contributed by atoms with Crippen LogP contribution in [0.15, 0.2) is 0 Å². The highest BCUT2D eigenvalue weighted by molar-refractivity contribution is 7.89. The molecule has 2 saturated carbocycles. The molecule has 2 fully saturated rings. The summed E-state index contributed by atoms with van der Waals surface area (Å²) in [5.74, 6) is 1.24. The van der Waals surface area contributed by atoms with Gasteiger partial charge in [0, 0.05) is 12.1 Å². The van der Waals surface area contributed by atoms with Crippen LogP contribution < -0.4 is 10.5 Å². The van der Waals surface area contributed by atoms with Gasteiger partial charge in [-0.3, -0.25) is 0 Å². The zero-order valence-electron chi connectivity index (χ0n) is 12.4. The van der Waals surface area contributed by atoms with Gasteiger partial charge in [0.1, 0.15) is 0 Å². The van der Waals surface area contributed by atoms with Crippen molar-refractivity contribution in [1.29, 1.82) is 0 Å². The van der Waals surface area contributed by atoms with Gasteiger partial charge in [0.2, 0.25) is 10.0 Å². The van der Waals surface area contributed by atoms with Crippen LogP contribution in [0.25, 0.3) is 0 Å². The highest BCUT2D eigenvalue weighted by Crippen LogP contribution is 2.34. The summed E-state index contributed by atoms with van der Waals surface area (Å²) < 4.78 is 27.5. The number of hydrogen-bond donors (Lipinski definition) is 2. The summed E-state index contributed by atoms with van der Waals surface area (Å²) >= 11 is 0. The third-order valence-corrected chi connectivity index (χ3v) is 6.69. The van der Waals surface area contributed by atoms with Crippen LogP contribution in [-0.2, 0) is 10.0 Å². The predicted octanol–water partition coefficient (Wildman–Crippen LogP) is 2.43. The maximum Gasteiger partial charge on any atom is 0.212 e. The van der Waals surface area contributed by atoms with Crippen molar-refractivity contribution < 1.29 is 8.42 Å². The Balaban J connectivity index is 0.00000200. The normalized spacial score (nSPS) is 31.4. The van der Waals surface area contributed by atoms with Crippen LogP contribution >= 0.6 is 12.4 Å². The van der Waals surface area contributed by atoms with E-state index in [2.05, 4.69) is 11.6 Å². The SMILES string of the molecule is CC1CCCCC1(CN)NS(=O)(=O)CCC1CCC1.Cl. The maximum atomic E-state index is 12.3. The molecule has 2 unspecified atom stereocenters. The summed E-state index contributed by atoms with van der Waals surface area (Å²) in [5.41, 5.74) is 5.51. The fraction of sp³-hybridized carbons (Fsp3) is 1.00. The molecule has 0 heterocycles. The third kappa shape index (κ3) is 4.33. The van der Waals surface area contributed by atoms with Gasteiger partial charge in [0.15, 0.2) is 0 Å². The Labute approximate surface area is 129 Å². The van der Waals surface area contributed by atoms with Crippen LogP contribution in [0.3, 0.4) is 0 Å². The lowest BCUT2D eigenvalue weighted by Gasteiger charge is -2.42. The van der Waals surface area contributed by atoms with E-state index >= 15 is 0 Å². The Kier molecular flexibility index (Phi) is 6.77. The van der Waals surface area contributed by atoms with Crippen LogP contribution in [0, 0.1) is 11.8 Å². The first-order valence-corrected chi connectivity index (χ1v) is 9.34. The van der Waals surface area contributed by atoms with Crippen molar-refractivity contribution >= 4 is 22.4 Å². The molecular formula is C14H29ClN2O2S. The highest BCUT2D eigenvalue weighted by Gasteiger charge is 2.40. The minimum Gasteiger partial charge on any atom is -0.329 e. The van der Waals surface area contributed by atoms with E-state index in [1.165, 1.54) is 25.7 Å². The summed E-state index contributed by atoms with van der Waals surface area (Å²) in [6, 6.07) is 0. The minimum absolute atomic E-state index is 0. The topological polar surface area (TPSA) is 72.2 Å². The van der Waals surface area contributed by atoms with E-state index in [9.17, 15) is 8.42 Å². The Morgan fingerprint density at radius 2 is 1.90 bits per heavy atom. The number of halogens is 1. The summed E-state index contributed by atoms with van der Waals surface area (Å²) in [7, 11) is -3.19. The number of sulfonamides is 1. The third-order valence-electron chi connectivity index (χ3n) is 5.20. The lowest BCUT2D eigenvalue weighted by Crippen LogP contribution is -2.59. The standard InChI is InChI=1S/C14H28N2O2S.ClH/c1-12-5-2-3-9-14(12,11-15)16-19(17,18)10-8-13-6-4-7-13;/h12-13,16H,2-11,15H2,1H3;1H. The molecule has 3 N–H and O–H groups in total. The fourth-order valence-corrected chi connectivity index (χ4v) is 5.13. The molecule has 2 rings (SSSR count). The predicted molar refractivity (Wildman–Crippen MR) is 85.5 cm³/mol. The second kappa shape index (κ2) is 7.43. The number of rotatable bonds is 6. The molecule has 6 heteroatoms. The second-order valence-corrected chi connectivity index (χ2v) is 8.36. The Morgan fingerprint density at radius 1 is 1.20 bits per heavy atom. The average molecular weight is 325 g/mol. The van der Waals surface area contributed by atoms with Gasteiger partial charge in [-0.25, -0.2) is 13.1 Å². The average Bonchev–Trinajstić information content (AvgIpc) is 2.30. The number of nitrogens with two attached hydrogens (primary N) is 1.